The van der Waals surface area contributed by atoms with Gasteiger partial charge >= 0.3 is 6.09 Å². The van der Waals surface area contributed by atoms with Crippen molar-refractivity contribution in [3.05, 3.63) is 78.2 Å². The van der Waals surface area contributed by atoms with Crippen LogP contribution < -0.4 is 34.1 Å². The molecule has 3 aromatic carbocycles. The second kappa shape index (κ2) is 13.7. The second-order valence-electron chi connectivity index (χ2n) is 10.7. The van der Waals surface area contributed by atoms with E-state index in [1.807, 2.05) is 13.0 Å². The average Bonchev–Trinajstić information content (AvgIpc) is 3.03. The number of carbonyl (C=O) groups excluding carboxylic acids is 1. The zero-order valence-corrected chi connectivity index (χ0v) is 26.2. The van der Waals surface area contributed by atoms with Crippen LogP contribution in [0.5, 0.6) is 23.0 Å². The smallest absolute Gasteiger partial charge is 0.425 e. The highest BCUT2D eigenvalue weighted by atomic mass is 19.1. The van der Waals surface area contributed by atoms with Gasteiger partial charge in [0.1, 0.15) is 23.1 Å². The number of methoxy groups -OCH3 is 3. The Kier molecular flexibility index (Phi) is 9.53. The van der Waals surface area contributed by atoms with Crippen LogP contribution in [0.25, 0.3) is 0 Å². The van der Waals surface area contributed by atoms with Gasteiger partial charge in [-0.25, -0.2) is 19.1 Å². The number of nitrogens with zero attached hydrogens (tertiary/aromatic N) is 5. The molecular weight excluding hydrogens is 579 g/mol. The number of hydrogen-bond acceptors (Lipinski definition) is 10. The lowest BCUT2D eigenvalue weighted by molar-refractivity contribution is 0.208. The minimum Gasteiger partial charge on any atom is -0.497 e. The molecule has 1 aromatic heterocycles. The minimum atomic E-state index is -0.774. The molecule has 2 heterocycles. The zero-order chi connectivity index (χ0) is 32.1. The maximum absolute atomic E-state index is 15.3. The lowest BCUT2D eigenvalue weighted by Gasteiger charge is -2.39. The predicted molar refractivity (Wildman–Crippen MR) is 171 cm³/mol. The van der Waals surface area contributed by atoms with Crippen LogP contribution in [0.4, 0.5) is 38.0 Å². The number of anilines is 5. The van der Waals surface area contributed by atoms with Crippen molar-refractivity contribution in [2.75, 3.05) is 63.1 Å². The fraction of sp³-hybridized carbons (Fsp3) is 0.303. The Morgan fingerprint density at radius 1 is 0.956 bits per heavy atom. The van der Waals surface area contributed by atoms with E-state index in [4.69, 9.17) is 18.9 Å². The highest BCUT2D eigenvalue weighted by Gasteiger charge is 2.27. The van der Waals surface area contributed by atoms with Gasteiger partial charge in [0.25, 0.3) is 0 Å². The highest BCUT2D eigenvalue weighted by molar-refractivity contribution is 5.98. The van der Waals surface area contributed by atoms with Crippen LogP contribution in [-0.4, -0.2) is 75.0 Å². The number of halogens is 1. The van der Waals surface area contributed by atoms with Crippen molar-refractivity contribution in [3.63, 3.8) is 0 Å². The minimum absolute atomic E-state index is 0.145. The number of aryl methyl sites for hydroxylation is 1. The van der Waals surface area contributed by atoms with Gasteiger partial charge < -0.3 is 34.1 Å². The van der Waals surface area contributed by atoms with Crippen molar-refractivity contribution < 1.29 is 28.1 Å². The molecule has 1 amide bonds. The van der Waals surface area contributed by atoms with Gasteiger partial charge in [-0.2, -0.15) is 4.98 Å². The van der Waals surface area contributed by atoms with Crippen LogP contribution in [0, 0.1) is 12.7 Å². The standard InChI is InChI=1S/C33H37FN6O5/c1-21-7-12-28(43-5)30(17-21)45-33(41)40(27-11-9-24(42-4)19-29(27)44-6)31-13-14-35-32(37-31)36-23-8-10-26(25(34)18-23)39-16-15-38(3)22(2)20-39/h7-14,17-19,22H,15-16,20H2,1-6H3,(H,35,36,37). The summed E-state index contributed by atoms with van der Waals surface area (Å²) in [6.07, 6.45) is 0.716. The van der Waals surface area contributed by atoms with Gasteiger partial charge in [-0.15, -0.1) is 0 Å². The topological polar surface area (TPSA) is 102 Å². The number of nitrogens with one attached hydrogen (secondary N) is 1. The van der Waals surface area contributed by atoms with Crippen molar-refractivity contribution in [2.24, 2.45) is 0 Å². The summed E-state index contributed by atoms with van der Waals surface area (Å²) in [6, 6.07) is 17.1. The summed E-state index contributed by atoms with van der Waals surface area (Å²) in [4.78, 5) is 28.4. The van der Waals surface area contributed by atoms with Crippen LogP contribution in [0.2, 0.25) is 0 Å². The van der Waals surface area contributed by atoms with E-state index >= 15 is 4.39 Å². The Hall–Kier alpha value is -5.10. The lowest BCUT2D eigenvalue weighted by Crippen LogP contribution is -2.50. The Morgan fingerprint density at radius 2 is 1.76 bits per heavy atom. The van der Waals surface area contributed by atoms with Crippen LogP contribution in [0.1, 0.15) is 12.5 Å². The summed E-state index contributed by atoms with van der Waals surface area (Å²) in [6.45, 7) is 6.34. The Balaban J connectivity index is 1.47. The van der Waals surface area contributed by atoms with Crippen LogP contribution >= 0.6 is 0 Å². The quantitative estimate of drug-likeness (QED) is 0.235. The fourth-order valence-corrected chi connectivity index (χ4v) is 5.06. The van der Waals surface area contributed by atoms with Gasteiger partial charge in [-0.3, -0.25) is 0 Å². The lowest BCUT2D eigenvalue weighted by atomic mass is 10.1. The third-order valence-electron chi connectivity index (χ3n) is 7.70. The van der Waals surface area contributed by atoms with E-state index in [0.717, 1.165) is 25.2 Å². The Morgan fingerprint density at radius 3 is 2.47 bits per heavy atom. The second-order valence-corrected chi connectivity index (χ2v) is 10.7. The molecule has 0 radical (unpaired) electrons. The van der Waals surface area contributed by atoms with Crippen molar-refractivity contribution in [1.82, 2.24) is 14.9 Å². The summed E-state index contributed by atoms with van der Waals surface area (Å²) in [7, 11) is 6.59. The third-order valence-corrected chi connectivity index (χ3v) is 7.70. The van der Waals surface area contributed by atoms with Crippen molar-refractivity contribution in [2.45, 2.75) is 19.9 Å². The first kappa shape index (κ1) is 31.3. The first-order valence-electron chi connectivity index (χ1n) is 14.4. The normalized spacial score (nSPS) is 14.9. The van der Waals surface area contributed by atoms with Crippen molar-refractivity contribution in [1.29, 1.82) is 0 Å². The highest BCUT2D eigenvalue weighted by Crippen LogP contribution is 2.38. The van der Waals surface area contributed by atoms with Crippen LogP contribution in [-0.2, 0) is 0 Å². The van der Waals surface area contributed by atoms with E-state index in [9.17, 15) is 4.79 Å². The summed E-state index contributed by atoms with van der Waals surface area (Å²) in [5.74, 6) is 1.46. The van der Waals surface area contributed by atoms with Gasteiger partial charge in [-0.05, 0) is 68.9 Å². The molecule has 1 N–H and O–H groups in total. The third kappa shape index (κ3) is 7.01. The molecule has 4 aromatic rings. The number of hydrogen-bond donors (Lipinski definition) is 1. The molecule has 1 unspecified atom stereocenters. The van der Waals surface area contributed by atoms with Crippen LogP contribution in [0.15, 0.2) is 66.9 Å². The van der Waals surface area contributed by atoms with Crippen LogP contribution in [0.3, 0.4) is 0 Å². The molecule has 5 rings (SSSR count). The summed E-state index contributed by atoms with van der Waals surface area (Å²) < 4.78 is 37.5. The molecule has 0 aliphatic carbocycles. The van der Waals surface area contributed by atoms with E-state index in [2.05, 4.69) is 39.1 Å². The maximum atomic E-state index is 15.3. The molecule has 1 aliphatic heterocycles. The van der Waals surface area contributed by atoms with Gasteiger partial charge in [0, 0.05) is 49.7 Å². The zero-order valence-electron chi connectivity index (χ0n) is 26.2. The molecule has 236 valence electrons. The molecule has 12 heteroatoms. The molecule has 11 nitrogen and oxygen atoms in total. The molecule has 1 saturated heterocycles. The first-order valence-corrected chi connectivity index (χ1v) is 14.4. The number of amides is 1. The summed E-state index contributed by atoms with van der Waals surface area (Å²) in [5, 5.41) is 3.06. The average molecular weight is 617 g/mol. The molecule has 1 aliphatic rings. The predicted octanol–water partition coefficient (Wildman–Crippen LogP) is 6.17. The van der Waals surface area contributed by atoms with Crippen molar-refractivity contribution in [3.8, 4) is 23.0 Å². The van der Waals surface area contributed by atoms with Gasteiger partial charge in [-0.1, -0.05) is 6.07 Å². The number of ether oxygens (including phenoxy) is 4. The molecule has 0 bridgehead atoms. The van der Waals surface area contributed by atoms with E-state index in [-0.39, 0.29) is 23.3 Å². The SMILES string of the molecule is COc1ccc(N(C(=O)Oc2cc(C)ccc2OC)c2ccnc(Nc3ccc(N4CCN(C)C(C)C4)c(F)c3)n2)c(OC)c1. The van der Waals surface area contributed by atoms with E-state index in [1.54, 1.807) is 48.5 Å². The molecule has 0 saturated carbocycles. The number of likely N-dealkylation sites (N-methyl/N-ethyl adjacent to an activating group) is 1. The molecule has 45 heavy (non-hydrogen) atoms. The number of rotatable bonds is 9. The van der Waals surface area contributed by atoms with E-state index < -0.39 is 6.09 Å². The van der Waals surface area contributed by atoms with E-state index in [0.29, 0.717) is 40.4 Å². The monoisotopic (exact) mass is 616 g/mol. The number of carbonyl (C=O) groups is 1. The van der Waals surface area contributed by atoms with Crippen molar-refractivity contribution >= 4 is 34.9 Å². The summed E-state index contributed by atoms with van der Waals surface area (Å²) in [5.41, 5.74) is 2.22. The van der Waals surface area contributed by atoms with Gasteiger partial charge in [0.2, 0.25) is 5.95 Å². The molecule has 0 spiro atoms. The van der Waals surface area contributed by atoms with E-state index in [1.165, 1.54) is 38.5 Å². The molecular formula is C33H37FN6O5. The van der Waals surface area contributed by atoms with Gasteiger partial charge in [0.05, 0.1) is 32.7 Å². The van der Waals surface area contributed by atoms with Gasteiger partial charge in [0.15, 0.2) is 11.5 Å². The fourth-order valence-electron chi connectivity index (χ4n) is 5.06. The maximum Gasteiger partial charge on any atom is 0.425 e. The largest absolute Gasteiger partial charge is 0.497 e. The number of benzene rings is 3. The molecule has 1 fully saturated rings. The molecule has 1 atom stereocenters. The Bertz CT molecular complexity index is 1670. The first-order chi connectivity index (χ1) is 21.7. The number of aromatic nitrogens is 2. The summed E-state index contributed by atoms with van der Waals surface area (Å²) >= 11 is 0. The Labute approximate surface area is 262 Å². The number of piperazine rings is 1.